The first kappa shape index (κ1) is 24.9. The van der Waals surface area contributed by atoms with Crippen molar-refractivity contribution >= 4 is 23.5 Å². The van der Waals surface area contributed by atoms with E-state index in [9.17, 15) is 37.5 Å². The van der Waals surface area contributed by atoms with E-state index >= 15 is 0 Å². The lowest BCUT2D eigenvalue weighted by molar-refractivity contribution is -0.148. The maximum absolute atomic E-state index is 13.1. The van der Waals surface area contributed by atoms with Crippen LogP contribution < -0.4 is 11.2 Å². The van der Waals surface area contributed by atoms with Crippen molar-refractivity contribution < 1.29 is 32.6 Å². The number of aromatic carboxylic acids is 1. The van der Waals surface area contributed by atoms with Crippen molar-refractivity contribution in [1.82, 2.24) is 9.13 Å². The van der Waals surface area contributed by atoms with Crippen LogP contribution in [0.3, 0.4) is 0 Å². The zero-order valence-electron chi connectivity index (χ0n) is 17.1. The number of esters is 1. The molecule has 0 saturated carbocycles. The number of hydrogen-bond acceptors (Lipinski definition) is 5. The number of ether oxygens (including phenoxy) is 1. The average Bonchev–Trinajstić information content (AvgIpc) is 2.68. The molecule has 8 nitrogen and oxygen atoms in total. The number of carbonyl (C=O) groups excluding carboxylic acids is 1. The Morgan fingerprint density at radius 2 is 1.81 bits per heavy atom. The molecule has 1 aromatic heterocycles. The summed E-state index contributed by atoms with van der Waals surface area (Å²) in [6.45, 7) is 5.99. The minimum absolute atomic E-state index is 0.114. The second kappa shape index (κ2) is 8.65. The maximum atomic E-state index is 13.1. The van der Waals surface area contributed by atoms with E-state index in [0.29, 0.717) is 4.57 Å². The molecular weight excluding hydrogens is 457 g/mol. The molecule has 0 atom stereocenters. The van der Waals surface area contributed by atoms with Gasteiger partial charge in [-0.25, -0.2) is 14.2 Å². The SMILES string of the molecule is C=CCOC(=O)C(C)(C)c1cc(-n2c(=O)cc(C(F)(F)F)n(C)c2=O)cc(C(=O)O)c1Cl. The highest BCUT2D eigenvalue weighted by molar-refractivity contribution is 6.34. The summed E-state index contributed by atoms with van der Waals surface area (Å²) in [5, 5.41) is 9.16. The molecule has 0 amide bonds. The normalized spacial score (nSPS) is 11.8. The average molecular weight is 475 g/mol. The predicted octanol–water partition coefficient (Wildman–Crippen LogP) is 2.91. The number of nitrogens with zero attached hydrogens (tertiary/aromatic N) is 2. The first-order valence-corrected chi connectivity index (χ1v) is 9.28. The Kier molecular flexibility index (Phi) is 6.74. The third kappa shape index (κ3) is 4.47. The van der Waals surface area contributed by atoms with E-state index in [4.69, 9.17) is 16.3 Å². The van der Waals surface area contributed by atoms with Gasteiger partial charge in [0.05, 0.1) is 21.7 Å². The van der Waals surface area contributed by atoms with Crippen LogP contribution >= 0.6 is 11.6 Å². The number of benzene rings is 1. The molecule has 2 aromatic rings. The van der Waals surface area contributed by atoms with Gasteiger partial charge < -0.3 is 9.84 Å². The molecule has 0 aliphatic heterocycles. The molecule has 1 N–H and O–H groups in total. The summed E-state index contributed by atoms with van der Waals surface area (Å²) in [6, 6.07) is 2.15. The van der Waals surface area contributed by atoms with Crippen LogP contribution in [0.1, 0.15) is 35.5 Å². The molecule has 32 heavy (non-hydrogen) atoms. The minimum atomic E-state index is -4.97. The molecule has 0 bridgehead atoms. The number of alkyl halides is 3. The van der Waals surface area contributed by atoms with Crippen LogP contribution in [-0.2, 0) is 28.2 Å². The zero-order chi connectivity index (χ0) is 24.6. The van der Waals surface area contributed by atoms with E-state index in [1.165, 1.54) is 19.9 Å². The molecule has 172 valence electrons. The van der Waals surface area contributed by atoms with Gasteiger partial charge in [0, 0.05) is 13.1 Å². The Morgan fingerprint density at radius 1 is 1.22 bits per heavy atom. The number of aromatic nitrogens is 2. The Hall–Kier alpha value is -3.34. The van der Waals surface area contributed by atoms with Gasteiger partial charge in [0.25, 0.3) is 5.56 Å². The van der Waals surface area contributed by atoms with Crippen LogP contribution in [0.15, 0.2) is 40.4 Å². The number of halogens is 4. The highest BCUT2D eigenvalue weighted by atomic mass is 35.5. The van der Waals surface area contributed by atoms with Gasteiger partial charge in [-0.2, -0.15) is 13.2 Å². The van der Waals surface area contributed by atoms with E-state index < -0.39 is 46.0 Å². The van der Waals surface area contributed by atoms with Crippen LogP contribution in [0.25, 0.3) is 5.69 Å². The molecule has 0 radical (unpaired) electrons. The fraction of sp³-hybridized carbons (Fsp3) is 0.300. The third-order valence-electron chi connectivity index (χ3n) is 4.67. The van der Waals surface area contributed by atoms with Crippen LogP contribution in [0.2, 0.25) is 5.02 Å². The van der Waals surface area contributed by atoms with Gasteiger partial charge in [-0.3, -0.25) is 14.2 Å². The topological polar surface area (TPSA) is 108 Å². The van der Waals surface area contributed by atoms with E-state index in [2.05, 4.69) is 6.58 Å². The summed E-state index contributed by atoms with van der Waals surface area (Å²) in [5.41, 5.74) is -6.83. The van der Waals surface area contributed by atoms with Crippen molar-refractivity contribution in [3.8, 4) is 5.69 Å². The molecule has 0 aliphatic carbocycles. The summed E-state index contributed by atoms with van der Waals surface area (Å²) in [6.07, 6.45) is -3.67. The third-order valence-corrected chi connectivity index (χ3v) is 5.08. The van der Waals surface area contributed by atoms with Gasteiger partial charge in [0.2, 0.25) is 0 Å². The van der Waals surface area contributed by atoms with Crippen molar-refractivity contribution in [2.45, 2.75) is 25.4 Å². The van der Waals surface area contributed by atoms with Gasteiger partial charge in [0.15, 0.2) is 0 Å². The lowest BCUT2D eigenvalue weighted by Gasteiger charge is -2.25. The smallest absolute Gasteiger partial charge is 0.431 e. The summed E-state index contributed by atoms with van der Waals surface area (Å²) in [7, 11) is 0.812. The summed E-state index contributed by atoms with van der Waals surface area (Å²) in [4.78, 5) is 49.3. The summed E-state index contributed by atoms with van der Waals surface area (Å²) >= 11 is 6.19. The number of carbonyl (C=O) groups is 2. The Labute approximate surface area is 184 Å². The summed E-state index contributed by atoms with van der Waals surface area (Å²) < 4.78 is 44.9. The van der Waals surface area contributed by atoms with Gasteiger partial charge in [0.1, 0.15) is 12.3 Å². The largest absolute Gasteiger partial charge is 0.478 e. The lowest BCUT2D eigenvalue weighted by atomic mass is 9.83. The minimum Gasteiger partial charge on any atom is -0.478 e. The highest BCUT2D eigenvalue weighted by Crippen LogP contribution is 2.35. The van der Waals surface area contributed by atoms with Crippen molar-refractivity contribution in [1.29, 1.82) is 0 Å². The first-order chi connectivity index (χ1) is 14.6. The van der Waals surface area contributed by atoms with E-state index in [1.807, 2.05) is 0 Å². The van der Waals surface area contributed by atoms with Crippen LogP contribution in [-0.4, -0.2) is 32.8 Å². The predicted molar refractivity (Wildman–Crippen MR) is 108 cm³/mol. The van der Waals surface area contributed by atoms with Gasteiger partial charge in [-0.15, -0.1) is 0 Å². The van der Waals surface area contributed by atoms with E-state index in [0.717, 1.165) is 19.2 Å². The molecule has 0 saturated heterocycles. The fourth-order valence-electron chi connectivity index (χ4n) is 2.91. The number of hydrogen-bond donors (Lipinski definition) is 1. The highest BCUT2D eigenvalue weighted by Gasteiger charge is 2.37. The second-order valence-corrected chi connectivity index (χ2v) is 7.59. The quantitative estimate of drug-likeness (QED) is 0.509. The molecule has 0 fully saturated rings. The molecule has 12 heteroatoms. The monoisotopic (exact) mass is 474 g/mol. The standard InChI is InChI=1S/C20H18ClF3N2O6/c1-5-6-32-17(30)19(2,3)12-8-10(7-11(15(12)21)16(28)29)26-14(27)9-13(20(22,23)24)25(4)18(26)31/h5,7-9H,1,6H2,2-4H3,(H,28,29). The zero-order valence-corrected chi connectivity index (χ0v) is 17.9. The molecule has 2 rings (SSSR count). The maximum Gasteiger partial charge on any atom is 0.431 e. The van der Waals surface area contributed by atoms with Gasteiger partial charge in [-0.1, -0.05) is 24.3 Å². The molecular formula is C20H18ClF3N2O6. The van der Waals surface area contributed by atoms with Gasteiger partial charge in [-0.05, 0) is 31.5 Å². The van der Waals surface area contributed by atoms with Crippen molar-refractivity contribution in [2.24, 2.45) is 7.05 Å². The lowest BCUT2D eigenvalue weighted by Crippen LogP contribution is -2.41. The molecule has 1 aromatic carbocycles. The first-order valence-electron chi connectivity index (χ1n) is 8.90. The van der Waals surface area contributed by atoms with Crippen LogP contribution in [0.5, 0.6) is 0 Å². The summed E-state index contributed by atoms with van der Waals surface area (Å²) in [5.74, 6) is -2.37. The van der Waals surface area contributed by atoms with Crippen LogP contribution in [0.4, 0.5) is 13.2 Å². The molecule has 0 spiro atoms. The number of carboxylic acids is 1. The number of carboxylic acid groups (broad SMARTS) is 1. The van der Waals surface area contributed by atoms with Crippen molar-refractivity contribution in [2.75, 3.05) is 6.61 Å². The molecule has 0 unspecified atom stereocenters. The van der Waals surface area contributed by atoms with Crippen LogP contribution in [0, 0.1) is 0 Å². The molecule has 1 heterocycles. The second-order valence-electron chi connectivity index (χ2n) is 7.21. The van der Waals surface area contributed by atoms with E-state index in [-0.39, 0.29) is 33.5 Å². The molecule has 0 aliphatic rings. The Bertz CT molecular complexity index is 1230. The van der Waals surface area contributed by atoms with Gasteiger partial charge >= 0.3 is 23.8 Å². The fourth-order valence-corrected chi connectivity index (χ4v) is 3.34. The van der Waals surface area contributed by atoms with E-state index in [1.54, 1.807) is 0 Å². The van der Waals surface area contributed by atoms with Crippen molar-refractivity contribution in [3.63, 3.8) is 0 Å². The Morgan fingerprint density at radius 3 is 2.31 bits per heavy atom. The Balaban J connectivity index is 2.89. The number of rotatable bonds is 6. The van der Waals surface area contributed by atoms with Crippen molar-refractivity contribution in [3.05, 3.63) is 73.5 Å².